The molecule has 4 aromatic carbocycles. The van der Waals surface area contributed by atoms with E-state index >= 15 is 0 Å². The van der Waals surface area contributed by atoms with E-state index in [-0.39, 0.29) is 22.6 Å². The first-order valence-electron chi connectivity index (χ1n) is 21.2. The number of carbonyl (C=O) groups excluding carboxylic acids is 6. The first kappa shape index (κ1) is 47.8. The van der Waals surface area contributed by atoms with Crippen LogP contribution in [0.5, 0.6) is 23.0 Å². The number of esters is 6. The van der Waals surface area contributed by atoms with E-state index in [0.29, 0.717) is 61.9 Å². The topological polar surface area (TPSA) is 176 Å². The van der Waals surface area contributed by atoms with Crippen molar-refractivity contribution in [1.29, 1.82) is 0 Å². The fraction of sp³-hybridized carbons (Fsp3) is 0.320. The Morgan fingerprint density at radius 3 is 1.08 bits per heavy atom. The van der Waals surface area contributed by atoms with Gasteiger partial charge in [0.2, 0.25) is 0 Å². The molecule has 1 fully saturated rings. The smallest absolute Gasteiger partial charge is 0.343 e. The van der Waals surface area contributed by atoms with E-state index in [1.165, 1.54) is 48.5 Å². The summed E-state index contributed by atoms with van der Waals surface area (Å²) in [6, 6.07) is 25.0. The predicted octanol–water partition coefficient (Wildman–Crippen LogP) is 9.01. The number of benzene rings is 4. The number of unbranched alkanes of at least 4 members (excludes halogenated alkanes) is 4. The van der Waals surface area contributed by atoms with Crippen LogP contribution in [0.2, 0.25) is 0 Å². The Bertz CT molecular complexity index is 2020. The summed E-state index contributed by atoms with van der Waals surface area (Å²) in [5.74, 6) is -1.60. The van der Waals surface area contributed by atoms with E-state index in [1.807, 2.05) is 0 Å². The van der Waals surface area contributed by atoms with Crippen molar-refractivity contribution in [2.75, 3.05) is 26.4 Å². The minimum Gasteiger partial charge on any atom is -0.494 e. The summed E-state index contributed by atoms with van der Waals surface area (Å²) in [6.45, 7) is 8.32. The van der Waals surface area contributed by atoms with E-state index in [9.17, 15) is 28.8 Å². The van der Waals surface area contributed by atoms with E-state index in [0.717, 1.165) is 63.5 Å². The summed E-state index contributed by atoms with van der Waals surface area (Å²) in [4.78, 5) is 74.0. The molecule has 0 radical (unpaired) electrons. The van der Waals surface area contributed by atoms with Crippen molar-refractivity contribution in [3.05, 3.63) is 145 Å². The molecule has 0 saturated heterocycles. The van der Waals surface area contributed by atoms with E-state index in [2.05, 4.69) is 13.2 Å². The van der Waals surface area contributed by atoms with Crippen LogP contribution in [0.25, 0.3) is 0 Å². The van der Waals surface area contributed by atoms with Gasteiger partial charge in [-0.1, -0.05) is 13.2 Å². The molecule has 1 aliphatic rings. The van der Waals surface area contributed by atoms with Crippen LogP contribution >= 0.6 is 0 Å². The molecule has 14 heteroatoms. The Morgan fingerprint density at radius 1 is 0.422 bits per heavy atom. The van der Waals surface area contributed by atoms with Crippen molar-refractivity contribution in [1.82, 2.24) is 0 Å². The molecule has 2 atom stereocenters. The third-order valence-corrected chi connectivity index (χ3v) is 9.88. The largest absolute Gasteiger partial charge is 0.494 e. The van der Waals surface area contributed by atoms with Gasteiger partial charge in [0.1, 0.15) is 35.2 Å². The summed E-state index contributed by atoms with van der Waals surface area (Å²) in [6.07, 6.45) is 8.15. The Kier molecular flexibility index (Phi) is 19.2. The molecule has 0 amide bonds. The summed E-state index contributed by atoms with van der Waals surface area (Å²) < 4.78 is 44.0. The van der Waals surface area contributed by atoms with Gasteiger partial charge in [0, 0.05) is 12.2 Å². The molecule has 14 nitrogen and oxygen atoms in total. The lowest BCUT2D eigenvalue weighted by Crippen LogP contribution is -2.37. The van der Waals surface area contributed by atoms with Gasteiger partial charge in [-0.25, -0.2) is 28.8 Å². The summed E-state index contributed by atoms with van der Waals surface area (Å²) >= 11 is 0. The molecule has 64 heavy (non-hydrogen) atoms. The highest BCUT2D eigenvalue weighted by atomic mass is 16.6. The molecular formula is C50H52O14. The number of rotatable bonds is 24. The fourth-order valence-corrected chi connectivity index (χ4v) is 6.37. The highest BCUT2D eigenvalue weighted by Crippen LogP contribution is 2.27. The minimum atomic E-state index is -0.666. The lowest BCUT2D eigenvalue weighted by atomic mass is 9.94. The van der Waals surface area contributed by atoms with Gasteiger partial charge in [-0.15, -0.1) is 0 Å². The van der Waals surface area contributed by atoms with Gasteiger partial charge in [0.15, 0.2) is 0 Å². The monoisotopic (exact) mass is 876 g/mol. The maximum Gasteiger partial charge on any atom is 0.343 e. The van der Waals surface area contributed by atoms with Gasteiger partial charge in [-0.05, 0) is 161 Å². The van der Waals surface area contributed by atoms with Crippen LogP contribution < -0.4 is 18.9 Å². The van der Waals surface area contributed by atoms with Gasteiger partial charge in [0.25, 0.3) is 0 Å². The van der Waals surface area contributed by atoms with Crippen molar-refractivity contribution >= 4 is 35.8 Å². The van der Waals surface area contributed by atoms with Gasteiger partial charge in [-0.2, -0.15) is 0 Å². The Hall–Kier alpha value is -7.22. The third-order valence-electron chi connectivity index (χ3n) is 9.88. The molecule has 0 N–H and O–H groups in total. The normalized spacial score (nSPS) is 14.2. The Balaban J connectivity index is 1.02. The van der Waals surface area contributed by atoms with E-state index < -0.39 is 48.0 Å². The Morgan fingerprint density at radius 2 is 0.734 bits per heavy atom. The van der Waals surface area contributed by atoms with E-state index in [4.69, 9.17) is 37.9 Å². The van der Waals surface area contributed by atoms with Gasteiger partial charge >= 0.3 is 35.8 Å². The zero-order valence-electron chi connectivity index (χ0n) is 35.6. The van der Waals surface area contributed by atoms with Crippen molar-refractivity contribution in [3.8, 4) is 23.0 Å². The standard InChI is InChI=1S/C50H52O14/c1-3-45(51)59-33-11-5-9-31-57-39-23-15-35(16-24-39)47(53)61-41-27-19-37(20-28-41)49(55)63-43-13-7-8-14-44(43)64-50(56)38-21-29-42(30-22-38)62-48(54)36-17-25-40(26-18-36)58-32-10-6-12-34-60-46(52)4-2/h3-4,15-30,43-44H,1-2,5-14,31-34H2/t43-,44-/m1/s1. The van der Waals surface area contributed by atoms with Crippen LogP contribution in [0.3, 0.4) is 0 Å². The second-order valence-corrected chi connectivity index (χ2v) is 14.6. The average Bonchev–Trinajstić information content (AvgIpc) is 3.32. The van der Waals surface area contributed by atoms with Crippen molar-refractivity contribution in [3.63, 3.8) is 0 Å². The third kappa shape index (κ3) is 15.9. The van der Waals surface area contributed by atoms with Crippen LogP contribution in [0, 0.1) is 0 Å². The van der Waals surface area contributed by atoms with Gasteiger partial charge in [-0.3, -0.25) is 0 Å². The maximum atomic E-state index is 13.2. The highest BCUT2D eigenvalue weighted by molar-refractivity contribution is 5.93. The number of ether oxygens (including phenoxy) is 8. The molecule has 0 bridgehead atoms. The second kappa shape index (κ2) is 25.7. The lowest BCUT2D eigenvalue weighted by Gasteiger charge is -2.30. The molecule has 1 saturated carbocycles. The van der Waals surface area contributed by atoms with Gasteiger partial charge < -0.3 is 37.9 Å². The molecule has 0 aliphatic heterocycles. The van der Waals surface area contributed by atoms with Crippen LogP contribution in [0.15, 0.2) is 122 Å². The number of hydrogen-bond donors (Lipinski definition) is 0. The van der Waals surface area contributed by atoms with Gasteiger partial charge in [0.05, 0.1) is 48.7 Å². The van der Waals surface area contributed by atoms with Crippen molar-refractivity contribution in [2.45, 2.75) is 76.4 Å². The van der Waals surface area contributed by atoms with Crippen LogP contribution in [-0.2, 0) is 28.5 Å². The number of hydrogen-bond acceptors (Lipinski definition) is 14. The molecule has 1 aliphatic carbocycles. The lowest BCUT2D eigenvalue weighted by molar-refractivity contribution is -0.138. The van der Waals surface area contributed by atoms with E-state index in [1.54, 1.807) is 48.5 Å². The second-order valence-electron chi connectivity index (χ2n) is 14.6. The molecule has 5 rings (SSSR count). The summed E-state index contributed by atoms with van der Waals surface area (Å²) in [5, 5.41) is 0. The first-order valence-corrected chi connectivity index (χ1v) is 21.2. The van der Waals surface area contributed by atoms with Crippen LogP contribution in [0.1, 0.15) is 106 Å². The predicted molar refractivity (Wildman–Crippen MR) is 234 cm³/mol. The molecule has 0 unspecified atom stereocenters. The average molecular weight is 877 g/mol. The minimum absolute atomic E-state index is 0.234. The molecule has 0 heterocycles. The quantitative estimate of drug-likeness (QED) is 0.0214. The zero-order chi connectivity index (χ0) is 45.5. The van der Waals surface area contributed by atoms with Crippen molar-refractivity contribution < 1.29 is 66.7 Å². The SMILES string of the molecule is C=CC(=O)OCCCCCOc1ccc(C(=O)Oc2ccc(C(=O)O[C@@H]3CCCC[C@H]3OC(=O)c3ccc(OC(=O)c4ccc(OCCCCCOC(=O)C=C)cc4)cc3)cc2)cc1. The fourth-order valence-electron chi connectivity index (χ4n) is 6.37. The van der Waals surface area contributed by atoms with Crippen molar-refractivity contribution in [2.24, 2.45) is 0 Å². The molecule has 0 spiro atoms. The summed E-state index contributed by atoms with van der Waals surface area (Å²) in [7, 11) is 0. The summed E-state index contributed by atoms with van der Waals surface area (Å²) in [5.41, 5.74) is 1.10. The Labute approximate surface area is 372 Å². The molecule has 4 aromatic rings. The van der Waals surface area contributed by atoms with Crippen LogP contribution in [0.4, 0.5) is 0 Å². The molecular weight excluding hydrogens is 825 g/mol. The first-order chi connectivity index (χ1) is 31.1. The number of carbonyl (C=O) groups is 6. The molecule has 336 valence electrons. The maximum absolute atomic E-state index is 13.2. The zero-order valence-corrected chi connectivity index (χ0v) is 35.6. The van der Waals surface area contributed by atoms with Crippen LogP contribution in [-0.4, -0.2) is 74.5 Å². The highest BCUT2D eigenvalue weighted by Gasteiger charge is 2.32. The molecule has 0 aromatic heterocycles.